The molecule has 1 heteroatoms. The second-order valence-corrected chi connectivity index (χ2v) is 5.66. The van der Waals surface area contributed by atoms with Gasteiger partial charge in [0.1, 0.15) is 0 Å². The molecule has 0 bridgehead atoms. The van der Waals surface area contributed by atoms with Crippen LogP contribution < -0.4 is 0 Å². The Hall–Kier alpha value is -1.34. The Balaban J connectivity index is 2.05. The summed E-state index contributed by atoms with van der Waals surface area (Å²) in [6, 6.07) is 12.9. The first-order valence-corrected chi connectivity index (χ1v) is 6.91. The quantitative estimate of drug-likeness (QED) is 0.788. The first kappa shape index (κ1) is 11.7. The first-order valence-electron chi connectivity index (χ1n) is 6.91. The third-order valence-corrected chi connectivity index (χ3v) is 4.21. The minimum atomic E-state index is -0.586. The van der Waals surface area contributed by atoms with Crippen LogP contribution in [0, 0.1) is 6.92 Å². The maximum atomic E-state index is 10.8. The molecule has 18 heavy (non-hydrogen) atoms. The fraction of sp³-hybridized carbons (Fsp3) is 0.412. The molecular weight excluding hydrogens is 220 g/mol. The van der Waals surface area contributed by atoms with Crippen molar-refractivity contribution in [3.8, 4) is 0 Å². The van der Waals surface area contributed by atoms with Crippen molar-refractivity contribution in [1.82, 2.24) is 0 Å². The van der Waals surface area contributed by atoms with Gasteiger partial charge in [-0.3, -0.25) is 0 Å². The summed E-state index contributed by atoms with van der Waals surface area (Å²) in [6.45, 7) is 2.11. The topological polar surface area (TPSA) is 20.2 Å². The summed E-state index contributed by atoms with van der Waals surface area (Å²) in [5, 5.41) is 13.3. The zero-order chi connectivity index (χ0) is 12.6. The van der Waals surface area contributed by atoms with Crippen molar-refractivity contribution in [1.29, 1.82) is 0 Å². The van der Waals surface area contributed by atoms with Crippen LogP contribution in [0.4, 0.5) is 0 Å². The van der Waals surface area contributed by atoms with E-state index in [1.807, 2.05) is 0 Å². The Morgan fingerprint density at radius 3 is 2.33 bits per heavy atom. The second kappa shape index (κ2) is 4.40. The molecule has 0 aromatic heterocycles. The maximum Gasteiger partial charge on any atom is 0.0896 e. The van der Waals surface area contributed by atoms with Gasteiger partial charge in [0, 0.05) is 0 Å². The fourth-order valence-corrected chi connectivity index (χ4v) is 3.08. The zero-order valence-corrected chi connectivity index (χ0v) is 10.9. The maximum absolute atomic E-state index is 10.8. The monoisotopic (exact) mass is 240 g/mol. The molecule has 0 unspecified atom stereocenters. The fourth-order valence-electron chi connectivity index (χ4n) is 3.08. The largest absolute Gasteiger partial charge is 0.385 e. The van der Waals surface area contributed by atoms with Gasteiger partial charge in [-0.05, 0) is 42.2 Å². The lowest BCUT2D eigenvalue weighted by Crippen LogP contribution is -2.28. The Morgan fingerprint density at radius 1 is 0.889 bits per heavy atom. The summed E-state index contributed by atoms with van der Waals surface area (Å²) in [5.74, 6) is 0. The molecule has 1 fully saturated rings. The van der Waals surface area contributed by atoms with Crippen molar-refractivity contribution in [3.05, 3.63) is 47.5 Å². The molecular formula is C17H20O. The van der Waals surface area contributed by atoms with Crippen molar-refractivity contribution >= 4 is 10.8 Å². The molecule has 1 N–H and O–H groups in total. The van der Waals surface area contributed by atoms with Gasteiger partial charge in [-0.2, -0.15) is 0 Å². The van der Waals surface area contributed by atoms with E-state index >= 15 is 0 Å². The van der Waals surface area contributed by atoms with Gasteiger partial charge in [-0.15, -0.1) is 0 Å². The van der Waals surface area contributed by atoms with Crippen molar-refractivity contribution < 1.29 is 5.11 Å². The molecule has 3 rings (SSSR count). The number of hydrogen-bond acceptors (Lipinski definition) is 1. The first-order chi connectivity index (χ1) is 8.67. The molecule has 1 aliphatic carbocycles. The van der Waals surface area contributed by atoms with Crippen LogP contribution in [0.1, 0.15) is 43.2 Å². The van der Waals surface area contributed by atoms with Crippen LogP contribution in [0.2, 0.25) is 0 Å². The molecule has 0 aliphatic heterocycles. The summed E-state index contributed by atoms with van der Waals surface area (Å²) in [6.07, 6.45) is 5.36. The van der Waals surface area contributed by atoms with E-state index in [0.717, 1.165) is 31.2 Å². The van der Waals surface area contributed by atoms with Crippen molar-refractivity contribution in [2.24, 2.45) is 0 Å². The second-order valence-electron chi connectivity index (χ2n) is 5.66. The summed E-state index contributed by atoms with van der Waals surface area (Å²) < 4.78 is 0. The molecule has 2 aromatic rings. The van der Waals surface area contributed by atoms with Gasteiger partial charge in [0.2, 0.25) is 0 Å². The standard InChI is InChI=1S/C17H20O/c1-13-5-6-15-12-16(8-7-14(15)11-13)17(18)9-3-2-4-10-17/h5-8,11-12,18H,2-4,9-10H2,1H3. The predicted octanol–water partition coefficient (Wildman–Crippen LogP) is 4.30. The highest BCUT2D eigenvalue weighted by atomic mass is 16.3. The molecule has 1 aliphatic rings. The molecule has 1 nitrogen and oxygen atoms in total. The Kier molecular flexibility index (Phi) is 2.87. The summed E-state index contributed by atoms with van der Waals surface area (Å²) in [7, 11) is 0. The molecule has 0 saturated heterocycles. The molecule has 0 spiro atoms. The number of aryl methyl sites for hydroxylation is 1. The Bertz CT molecular complexity index is 565. The molecule has 0 atom stereocenters. The number of aliphatic hydroxyl groups is 1. The molecule has 0 heterocycles. The summed E-state index contributed by atoms with van der Waals surface area (Å²) in [5.41, 5.74) is 1.79. The van der Waals surface area contributed by atoms with Gasteiger partial charge in [-0.1, -0.05) is 55.2 Å². The molecule has 1 saturated carbocycles. The number of benzene rings is 2. The minimum Gasteiger partial charge on any atom is -0.385 e. The third kappa shape index (κ3) is 2.04. The Labute approximate surface area is 108 Å². The van der Waals surface area contributed by atoms with E-state index in [1.54, 1.807) is 0 Å². The minimum absolute atomic E-state index is 0.586. The van der Waals surface area contributed by atoms with E-state index in [0.29, 0.717) is 0 Å². The Morgan fingerprint density at radius 2 is 1.56 bits per heavy atom. The zero-order valence-electron chi connectivity index (χ0n) is 10.9. The highest BCUT2D eigenvalue weighted by molar-refractivity contribution is 5.84. The van der Waals surface area contributed by atoms with E-state index in [4.69, 9.17) is 0 Å². The van der Waals surface area contributed by atoms with Crippen molar-refractivity contribution in [2.75, 3.05) is 0 Å². The lowest BCUT2D eigenvalue weighted by atomic mass is 9.79. The van der Waals surface area contributed by atoms with E-state index < -0.39 is 5.60 Å². The van der Waals surface area contributed by atoms with E-state index in [1.165, 1.54) is 22.8 Å². The lowest BCUT2D eigenvalue weighted by Gasteiger charge is -2.32. The van der Waals surface area contributed by atoms with Gasteiger partial charge in [-0.25, -0.2) is 0 Å². The predicted molar refractivity (Wildman–Crippen MR) is 75.7 cm³/mol. The van der Waals surface area contributed by atoms with Gasteiger partial charge >= 0.3 is 0 Å². The average Bonchev–Trinajstić information content (AvgIpc) is 2.39. The normalized spacial score (nSPS) is 19.0. The molecule has 94 valence electrons. The van der Waals surface area contributed by atoms with Crippen LogP contribution in [-0.4, -0.2) is 5.11 Å². The molecule has 0 amide bonds. The van der Waals surface area contributed by atoms with Gasteiger partial charge in [0.05, 0.1) is 5.60 Å². The van der Waals surface area contributed by atoms with Crippen LogP contribution in [0.15, 0.2) is 36.4 Å². The lowest BCUT2D eigenvalue weighted by molar-refractivity contribution is -0.000507. The number of fused-ring (bicyclic) bond motifs is 1. The van der Waals surface area contributed by atoms with Gasteiger partial charge in [0.15, 0.2) is 0 Å². The highest BCUT2D eigenvalue weighted by Crippen LogP contribution is 2.37. The smallest absolute Gasteiger partial charge is 0.0896 e. The van der Waals surface area contributed by atoms with Crippen molar-refractivity contribution in [3.63, 3.8) is 0 Å². The highest BCUT2D eigenvalue weighted by Gasteiger charge is 2.30. The van der Waals surface area contributed by atoms with Crippen LogP contribution >= 0.6 is 0 Å². The van der Waals surface area contributed by atoms with E-state index in [2.05, 4.69) is 43.3 Å². The van der Waals surface area contributed by atoms with Crippen molar-refractivity contribution in [2.45, 2.75) is 44.6 Å². The van der Waals surface area contributed by atoms with Crippen LogP contribution in [0.5, 0.6) is 0 Å². The molecule has 2 aromatic carbocycles. The average molecular weight is 240 g/mol. The number of rotatable bonds is 1. The number of hydrogen-bond donors (Lipinski definition) is 1. The van der Waals surface area contributed by atoms with Gasteiger partial charge in [0.25, 0.3) is 0 Å². The summed E-state index contributed by atoms with van der Waals surface area (Å²) >= 11 is 0. The molecule has 0 radical (unpaired) electrons. The van der Waals surface area contributed by atoms with Gasteiger partial charge < -0.3 is 5.11 Å². The third-order valence-electron chi connectivity index (χ3n) is 4.21. The van der Waals surface area contributed by atoms with E-state index in [9.17, 15) is 5.11 Å². The van der Waals surface area contributed by atoms with Crippen LogP contribution in [0.3, 0.4) is 0 Å². The van der Waals surface area contributed by atoms with E-state index in [-0.39, 0.29) is 0 Å². The summed E-state index contributed by atoms with van der Waals surface area (Å²) in [4.78, 5) is 0. The van der Waals surface area contributed by atoms with Crippen LogP contribution in [0.25, 0.3) is 10.8 Å². The SMILES string of the molecule is Cc1ccc2cc(C3(O)CCCCC3)ccc2c1. The van der Waals surface area contributed by atoms with Crippen LogP contribution in [-0.2, 0) is 5.60 Å².